The zero-order valence-electron chi connectivity index (χ0n) is 23.6. The van der Waals surface area contributed by atoms with Gasteiger partial charge in [-0.2, -0.15) is 5.10 Å². The van der Waals surface area contributed by atoms with Gasteiger partial charge in [0.1, 0.15) is 5.56 Å². The van der Waals surface area contributed by atoms with Crippen LogP contribution < -0.4 is 16.6 Å². The maximum absolute atomic E-state index is 14.3. The van der Waals surface area contributed by atoms with Crippen LogP contribution in [-0.4, -0.2) is 34.9 Å². The standard InChI is InChI=1S/C32H28N8O2/c1-19-25(21(3)38(4)36-19)15-14-22-10-8-11-23-18-26(40(32(42)27(22)23)24-12-6-5-7-13-24)20(2)35-31(41)28-29(33)37-39-17-9-16-34-30(28)39/h5-13,16-18,20H,1-4H3,(H2,33,37)(H,35,41)/t20-/m1/s1. The van der Waals surface area contributed by atoms with E-state index in [1.54, 1.807) is 27.7 Å². The Morgan fingerprint density at radius 2 is 1.81 bits per heavy atom. The molecule has 0 fully saturated rings. The van der Waals surface area contributed by atoms with Crippen LogP contribution in [0.1, 0.15) is 51.5 Å². The number of carbonyl (C=O) groups excluding carboxylic acids is 1. The van der Waals surface area contributed by atoms with Crippen molar-refractivity contribution in [2.75, 3.05) is 5.73 Å². The van der Waals surface area contributed by atoms with Crippen LogP contribution in [0.4, 0.5) is 5.82 Å². The van der Waals surface area contributed by atoms with E-state index in [-0.39, 0.29) is 16.9 Å². The molecule has 6 aromatic rings. The van der Waals surface area contributed by atoms with E-state index in [4.69, 9.17) is 5.73 Å². The summed E-state index contributed by atoms with van der Waals surface area (Å²) in [6.45, 7) is 5.71. The van der Waals surface area contributed by atoms with Crippen molar-refractivity contribution in [3.63, 3.8) is 0 Å². The zero-order chi connectivity index (χ0) is 29.5. The fourth-order valence-electron chi connectivity index (χ4n) is 5.20. The van der Waals surface area contributed by atoms with E-state index in [1.165, 1.54) is 4.52 Å². The molecular formula is C32H28N8O2. The molecule has 42 heavy (non-hydrogen) atoms. The topological polar surface area (TPSA) is 125 Å². The first kappa shape index (κ1) is 26.5. The largest absolute Gasteiger partial charge is 0.381 e. The lowest BCUT2D eigenvalue weighted by atomic mass is 10.0. The number of amides is 1. The van der Waals surface area contributed by atoms with Crippen molar-refractivity contribution in [3.8, 4) is 17.5 Å². The first-order valence-electron chi connectivity index (χ1n) is 13.4. The molecule has 3 N–H and O–H groups in total. The summed E-state index contributed by atoms with van der Waals surface area (Å²) in [6.07, 6.45) is 3.25. The number of nitrogen functional groups attached to an aromatic ring is 1. The smallest absolute Gasteiger partial charge is 0.264 e. The molecule has 0 spiro atoms. The molecule has 0 aliphatic rings. The van der Waals surface area contributed by atoms with E-state index in [0.29, 0.717) is 33.4 Å². The van der Waals surface area contributed by atoms with E-state index >= 15 is 0 Å². The molecule has 6 rings (SSSR count). The molecular weight excluding hydrogens is 528 g/mol. The van der Waals surface area contributed by atoms with Crippen molar-refractivity contribution in [1.29, 1.82) is 0 Å². The van der Waals surface area contributed by atoms with Crippen LogP contribution in [0.15, 0.2) is 77.9 Å². The SMILES string of the molecule is Cc1nn(C)c(C)c1C#Cc1cccc2cc([C@@H](C)NC(=O)c3c(N)nn4cccnc34)n(-c3ccccc3)c(=O)c12. The monoisotopic (exact) mass is 556 g/mol. The number of carbonyl (C=O) groups is 1. The van der Waals surface area contributed by atoms with Gasteiger partial charge in [0.15, 0.2) is 11.5 Å². The summed E-state index contributed by atoms with van der Waals surface area (Å²) >= 11 is 0. The fraction of sp³-hybridized carbons (Fsp3) is 0.156. The second kappa shape index (κ2) is 10.4. The van der Waals surface area contributed by atoms with E-state index < -0.39 is 11.9 Å². The van der Waals surface area contributed by atoms with Crippen LogP contribution in [0, 0.1) is 25.7 Å². The van der Waals surface area contributed by atoms with Gasteiger partial charge < -0.3 is 11.1 Å². The van der Waals surface area contributed by atoms with Crippen LogP contribution in [0.25, 0.3) is 22.1 Å². The third-order valence-electron chi connectivity index (χ3n) is 7.36. The minimum Gasteiger partial charge on any atom is -0.381 e. The number of nitrogens with two attached hydrogens (primary N) is 1. The fourth-order valence-corrected chi connectivity index (χ4v) is 5.20. The number of nitrogens with zero attached hydrogens (tertiary/aromatic N) is 6. The number of rotatable bonds is 4. The second-order valence-corrected chi connectivity index (χ2v) is 10.1. The summed E-state index contributed by atoms with van der Waals surface area (Å²) in [4.78, 5) is 32.0. The van der Waals surface area contributed by atoms with E-state index in [2.05, 4.69) is 32.3 Å². The molecule has 0 saturated heterocycles. The summed E-state index contributed by atoms with van der Waals surface area (Å²) in [5.41, 5.74) is 10.9. The number of nitrogens with one attached hydrogen (secondary N) is 1. The molecule has 4 aromatic heterocycles. The molecule has 208 valence electrons. The van der Waals surface area contributed by atoms with Gasteiger partial charge in [0, 0.05) is 36.4 Å². The quantitative estimate of drug-likeness (QED) is 0.318. The van der Waals surface area contributed by atoms with Gasteiger partial charge in [-0.15, -0.1) is 5.10 Å². The molecule has 0 saturated carbocycles. The number of pyridine rings is 1. The Balaban J connectivity index is 1.49. The number of para-hydroxylation sites is 1. The average Bonchev–Trinajstić information content (AvgIpc) is 3.44. The van der Waals surface area contributed by atoms with Gasteiger partial charge in [-0.1, -0.05) is 42.2 Å². The van der Waals surface area contributed by atoms with Gasteiger partial charge >= 0.3 is 0 Å². The molecule has 1 atom stereocenters. The molecule has 10 nitrogen and oxygen atoms in total. The Morgan fingerprint density at radius 3 is 2.55 bits per heavy atom. The van der Waals surface area contributed by atoms with Crippen LogP contribution in [0.5, 0.6) is 0 Å². The summed E-state index contributed by atoms with van der Waals surface area (Å²) < 4.78 is 4.88. The third-order valence-corrected chi connectivity index (χ3v) is 7.36. The van der Waals surface area contributed by atoms with Crippen LogP contribution in [0.3, 0.4) is 0 Å². The summed E-state index contributed by atoms with van der Waals surface area (Å²) in [5, 5.41) is 12.8. The van der Waals surface area contributed by atoms with Gasteiger partial charge in [0.25, 0.3) is 11.5 Å². The van der Waals surface area contributed by atoms with Gasteiger partial charge in [-0.05, 0) is 56.5 Å². The Hall–Kier alpha value is -5.69. The second-order valence-electron chi connectivity index (χ2n) is 10.1. The molecule has 1 amide bonds. The van der Waals surface area contributed by atoms with Gasteiger partial charge in [0.05, 0.1) is 28.4 Å². The molecule has 4 heterocycles. The number of hydrogen-bond donors (Lipinski definition) is 2. The van der Waals surface area contributed by atoms with E-state index in [9.17, 15) is 9.59 Å². The number of hydrogen-bond acceptors (Lipinski definition) is 6. The van der Waals surface area contributed by atoms with E-state index in [0.717, 1.165) is 17.0 Å². The maximum atomic E-state index is 14.3. The number of benzene rings is 2. The lowest BCUT2D eigenvalue weighted by Gasteiger charge is -2.21. The van der Waals surface area contributed by atoms with Crippen molar-refractivity contribution in [2.45, 2.75) is 26.8 Å². The molecule has 0 radical (unpaired) electrons. The normalized spacial score (nSPS) is 11.8. The highest BCUT2D eigenvalue weighted by atomic mass is 16.2. The highest BCUT2D eigenvalue weighted by Gasteiger charge is 2.24. The van der Waals surface area contributed by atoms with Crippen LogP contribution in [0.2, 0.25) is 0 Å². The number of anilines is 1. The van der Waals surface area contributed by atoms with Crippen molar-refractivity contribution in [1.82, 2.24) is 34.3 Å². The highest BCUT2D eigenvalue weighted by Crippen LogP contribution is 2.25. The lowest BCUT2D eigenvalue weighted by molar-refractivity contribution is 0.0941. The third kappa shape index (κ3) is 4.47. The lowest BCUT2D eigenvalue weighted by Crippen LogP contribution is -2.32. The van der Waals surface area contributed by atoms with Crippen molar-refractivity contribution >= 4 is 28.1 Å². The molecule has 0 aliphatic heterocycles. The van der Waals surface area contributed by atoms with E-state index in [1.807, 2.05) is 82.4 Å². The Bertz CT molecular complexity index is 2130. The van der Waals surface area contributed by atoms with Crippen LogP contribution >= 0.6 is 0 Å². The minimum absolute atomic E-state index is 0.0691. The zero-order valence-corrected chi connectivity index (χ0v) is 23.6. The molecule has 2 aromatic carbocycles. The molecule has 0 aliphatic carbocycles. The minimum atomic E-state index is -0.580. The molecule has 0 bridgehead atoms. The number of fused-ring (bicyclic) bond motifs is 2. The summed E-state index contributed by atoms with van der Waals surface area (Å²) in [6, 6.07) is 18.0. The highest BCUT2D eigenvalue weighted by molar-refractivity contribution is 6.04. The summed E-state index contributed by atoms with van der Waals surface area (Å²) in [5.74, 6) is 6.08. The molecule has 0 unspecified atom stereocenters. The number of aromatic nitrogens is 6. The van der Waals surface area contributed by atoms with Crippen molar-refractivity contribution in [2.24, 2.45) is 7.05 Å². The Kier molecular flexibility index (Phi) is 6.55. The van der Waals surface area contributed by atoms with Crippen molar-refractivity contribution < 1.29 is 4.79 Å². The first-order chi connectivity index (χ1) is 20.2. The maximum Gasteiger partial charge on any atom is 0.264 e. The average molecular weight is 557 g/mol. The molecule has 10 heteroatoms. The Morgan fingerprint density at radius 1 is 1.02 bits per heavy atom. The predicted octanol–water partition coefficient (Wildman–Crippen LogP) is 3.86. The Labute approximate surface area is 241 Å². The number of aryl methyl sites for hydroxylation is 2. The first-order valence-corrected chi connectivity index (χ1v) is 13.4. The van der Waals surface area contributed by atoms with Crippen molar-refractivity contribution in [3.05, 3.63) is 117 Å². The predicted molar refractivity (Wildman–Crippen MR) is 161 cm³/mol. The summed E-state index contributed by atoms with van der Waals surface area (Å²) in [7, 11) is 1.88. The van der Waals surface area contributed by atoms with Gasteiger partial charge in [0.2, 0.25) is 0 Å². The van der Waals surface area contributed by atoms with Gasteiger partial charge in [-0.25, -0.2) is 9.50 Å². The van der Waals surface area contributed by atoms with Crippen LogP contribution in [-0.2, 0) is 7.05 Å². The van der Waals surface area contributed by atoms with Gasteiger partial charge in [-0.3, -0.25) is 18.8 Å².